The quantitative estimate of drug-likeness (QED) is 0.122. The molecule has 0 N–H and O–H groups in total. The number of aromatic nitrogens is 1. The molecule has 0 spiro atoms. The fraction of sp³-hybridized carbons (Fsp3) is 0.471. The molecule has 0 aliphatic carbocycles. The Kier molecular flexibility index (Phi) is 10.3. The number of methoxy groups -OCH3 is 1. The maximum Gasteiger partial charge on any atom is 0.328 e. The van der Waals surface area contributed by atoms with E-state index in [9.17, 15) is 14.0 Å². The van der Waals surface area contributed by atoms with Crippen molar-refractivity contribution in [3.63, 3.8) is 0 Å². The summed E-state index contributed by atoms with van der Waals surface area (Å²) in [5.41, 5.74) is 2.74. The Bertz CT molecular complexity index is 1560. The van der Waals surface area contributed by atoms with Crippen LogP contribution in [0.3, 0.4) is 0 Å². The minimum Gasteiger partial charge on any atom is -0.467 e. The van der Waals surface area contributed by atoms with Crippen molar-refractivity contribution in [2.24, 2.45) is 0 Å². The van der Waals surface area contributed by atoms with E-state index in [1.54, 1.807) is 34.1 Å². The van der Waals surface area contributed by atoms with Crippen LogP contribution in [0.2, 0.25) is 0 Å². The molecule has 0 bridgehead atoms. The Balaban J connectivity index is 1.25. The highest BCUT2D eigenvalue weighted by molar-refractivity contribution is 7.17. The molecule has 0 radical (unpaired) electrons. The number of hydrogen-bond donors (Lipinski definition) is 0. The van der Waals surface area contributed by atoms with Gasteiger partial charge in [-0.05, 0) is 59.5 Å². The zero-order valence-electron chi connectivity index (χ0n) is 24.8. The van der Waals surface area contributed by atoms with Crippen LogP contribution in [0.4, 0.5) is 10.1 Å². The maximum atomic E-state index is 14.2. The molecule has 4 aromatic rings. The summed E-state index contributed by atoms with van der Waals surface area (Å²) in [6, 6.07) is 14.4. The Morgan fingerprint density at radius 2 is 1.74 bits per heavy atom. The number of carbonyl (C=O) groups is 1. The van der Waals surface area contributed by atoms with Crippen molar-refractivity contribution in [3.8, 4) is 0 Å². The van der Waals surface area contributed by atoms with E-state index in [1.807, 2.05) is 17.5 Å². The molecule has 8 heteroatoms. The van der Waals surface area contributed by atoms with Gasteiger partial charge in [-0.3, -0.25) is 14.3 Å². The first-order valence-electron chi connectivity index (χ1n) is 15.3. The number of halogens is 1. The molecule has 3 heterocycles. The standard InChI is InChI=1S/C34H42FN3O3S/c1-3-4-5-6-7-8-9-29(34(40)41-2)38-30-22-25(10-11-26(30)12-13-33(38)39)14-16-36-17-19-37(20-18-36)31-23-27(35)24-32-28(31)15-21-42-32/h10-13,15,21-24,29H,3-9,14,16-20H2,1-2H3. The number of rotatable bonds is 13. The smallest absolute Gasteiger partial charge is 0.328 e. The summed E-state index contributed by atoms with van der Waals surface area (Å²) < 4.78 is 22.0. The minimum atomic E-state index is -0.627. The second-order valence-corrected chi connectivity index (χ2v) is 12.3. The lowest BCUT2D eigenvalue weighted by Gasteiger charge is -2.36. The van der Waals surface area contributed by atoms with Crippen molar-refractivity contribution in [1.82, 2.24) is 9.47 Å². The monoisotopic (exact) mass is 591 g/mol. The number of thiophene rings is 1. The molecule has 1 unspecified atom stereocenters. The third kappa shape index (κ3) is 7.04. The van der Waals surface area contributed by atoms with Gasteiger partial charge < -0.3 is 9.64 Å². The Hall–Kier alpha value is -3.23. The van der Waals surface area contributed by atoms with Gasteiger partial charge in [0, 0.05) is 54.6 Å². The van der Waals surface area contributed by atoms with Gasteiger partial charge in [0.1, 0.15) is 11.9 Å². The summed E-state index contributed by atoms with van der Waals surface area (Å²) in [5, 5.41) is 4.09. The number of unbranched alkanes of at least 4 members (excludes halogenated alkanes) is 5. The molecule has 1 saturated heterocycles. The zero-order chi connectivity index (χ0) is 29.5. The molecular formula is C34H42FN3O3S. The molecule has 224 valence electrons. The van der Waals surface area contributed by atoms with Crippen molar-refractivity contribution < 1.29 is 13.9 Å². The number of piperazine rings is 1. The first-order valence-corrected chi connectivity index (χ1v) is 16.2. The van der Waals surface area contributed by atoms with Crippen LogP contribution in [0.15, 0.2) is 58.7 Å². The number of fused-ring (bicyclic) bond motifs is 2. The van der Waals surface area contributed by atoms with Crippen LogP contribution in [0, 0.1) is 5.82 Å². The van der Waals surface area contributed by atoms with Gasteiger partial charge in [0.05, 0.1) is 12.6 Å². The molecule has 42 heavy (non-hydrogen) atoms. The lowest BCUT2D eigenvalue weighted by molar-refractivity contribution is -0.144. The van der Waals surface area contributed by atoms with Crippen LogP contribution in [-0.2, 0) is 16.0 Å². The zero-order valence-corrected chi connectivity index (χ0v) is 25.6. The number of pyridine rings is 1. The molecule has 5 rings (SSSR count). The van der Waals surface area contributed by atoms with Crippen LogP contribution in [0.25, 0.3) is 21.0 Å². The van der Waals surface area contributed by atoms with E-state index in [0.717, 1.165) is 90.6 Å². The Morgan fingerprint density at radius 1 is 0.976 bits per heavy atom. The highest BCUT2D eigenvalue weighted by Gasteiger charge is 2.24. The summed E-state index contributed by atoms with van der Waals surface area (Å²) in [5.74, 6) is -0.543. The summed E-state index contributed by atoms with van der Waals surface area (Å²) in [7, 11) is 1.40. The SMILES string of the molecule is CCCCCCCCC(C(=O)OC)n1c(=O)ccc2ccc(CCN3CCN(c4cc(F)cc5sccc45)CC3)cc21. The highest BCUT2D eigenvalue weighted by atomic mass is 32.1. The Labute approximate surface area is 251 Å². The van der Waals surface area contributed by atoms with Crippen molar-refractivity contribution in [1.29, 1.82) is 0 Å². The fourth-order valence-corrected chi connectivity index (χ4v) is 6.99. The summed E-state index contributed by atoms with van der Waals surface area (Å²) >= 11 is 1.58. The number of hydrogen-bond acceptors (Lipinski definition) is 6. The number of carbonyl (C=O) groups excluding carboxylic acids is 1. The average Bonchev–Trinajstić information content (AvgIpc) is 3.48. The van der Waals surface area contributed by atoms with Crippen LogP contribution in [0.5, 0.6) is 0 Å². The van der Waals surface area contributed by atoms with Gasteiger partial charge in [0.15, 0.2) is 0 Å². The van der Waals surface area contributed by atoms with E-state index in [1.165, 1.54) is 26.4 Å². The predicted octanol–water partition coefficient (Wildman–Crippen LogP) is 7.18. The number of nitrogens with zero attached hydrogens (tertiary/aromatic N) is 3. The number of esters is 1. The normalized spacial score (nSPS) is 15.0. The lowest BCUT2D eigenvalue weighted by Crippen LogP contribution is -2.47. The average molecular weight is 592 g/mol. The summed E-state index contributed by atoms with van der Waals surface area (Å²) in [6.07, 6.45) is 8.13. The van der Waals surface area contributed by atoms with Crippen LogP contribution in [-0.4, -0.2) is 55.3 Å². The third-order valence-corrected chi connectivity index (χ3v) is 9.42. The van der Waals surface area contributed by atoms with Gasteiger partial charge >= 0.3 is 5.97 Å². The summed E-state index contributed by atoms with van der Waals surface area (Å²) in [4.78, 5) is 30.8. The molecule has 2 aromatic carbocycles. The lowest BCUT2D eigenvalue weighted by atomic mass is 10.0. The van der Waals surface area contributed by atoms with Gasteiger partial charge in [-0.15, -0.1) is 11.3 Å². The van der Waals surface area contributed by atoms with Crippen LogP contribution < -0.4 is 10.5 Å². The number of ether oxygens (including phenoxy) is 1. The van der Waals surface area contributed by atoms with Crippen molar-refractivity contribution in [2.75, 3.05) is 44.7 Å². The van der Waals surface area contributed by atoms with E-state index in [4.69, 9.17) is 4.74 Å². The number of anilines is 1. The van der Waals surface area contributed by atoms with Gasteiger partial charge in [-0.2, -0.15) is 0 Å². The van der Waals surface area contributed by atoms with E-state index in [-0.39, 0.29) is 17.3 Å². The third-order valence-electron chi connectivity index (χ3n) is 8.56. The second-order valence-electron chi connectivity index (χ2n) is 11.4. The topological polar surface area (TPSA) is 54.8 Å². The van der Waals surface area contributed by atoms with Crippen molar-refractivity contribution in [3.05, 3.63) is 75.6 Å². The van der Waals surface area contributed by atoms with Gasteiger partial charge in [0.25, 0.3) is 5.56 Å². The summed E-state index contributed by atoms with van der Waals surface area (Å²) in [6.45, 7) is 6.61. The minimum absolute atomic E-state index is 0.172. The molecular weight excluding hydrogens is 549 g/mol. The van der Waals surface area contributed by atoms with E-state index < -0.39 is 6.04 Å². The largest absolute Gasteiger partial charge is 0.467 e. The van der Waals surface area contributed by atoms with Gasteiger partial charge in [-0.25, -0.2) is 9.18 Å². The maximum absolute atomic E-state index is 14.2. The predicted molar refractivity (Wildman–Crippen MR) is 171 cm³/mol. The molecule has 1 aliphatic rings. The van der Waals surface area contributed by atoms with Crippen LogP contribution in [0.1, 0.15) is 63.5 Å². The molecule has 0 saturated carbocycles. The fourth-order valence-electron chi connectivity index (χ4n) is 6.16. The molecule has 2 aromatic heterocycles. The first kappa shape index (κ1) is 30.2. The molecule has 6 nitrogen and oxygen atoms in total. The Morgan fingerprint density at radius 3 is 2.52 bits per heavy atom. The first-order chi connectivity index (χ1) is 20.5. The number of benzene rings is 2. The van der Waals surface area contributed by atoms with Gasteiger partial charge in [-0.1, -0.05) is 57.6 Å². The highest BCUT2D eigenvalue weighted by Crippen LogP contribution is 2.32. The molecule has 1 aliphatic heterocycles. The van der Waals surface area contributed by atoms with E-state index >= 15 is 0 Å². The van der Waals surface area contributed by atoms with Crippen LogP contribution >= 0.6 is 11.3 Å². The van der Waals surface area contributed by atoms with Crippen molar-refractivity contribution >= 4 is 44.0 Å². The van der Waals surface area contributed by atoms with E-state index in [0.29, 0.717) is 6.42 Å². The van der Waals surface area contributed by atoms with Crippen molar-refractivity contribution in [2.45, 2.75) is 64.3 Å². The molecule has 1 atom stereocenters. The molecule has 0 amide bonds. The second kappa shape index (κ2) is 14.3. The van der Waals surface area contributed by atoms with Gasteiger partial charge in [0.2, 0.25) is 0 Å². The molecule has 1 fully saturated rings. The van der Waals surface area contributed by atoms with E-state index in [2.05, 4.69) is 34.9 Å².